The summed E-state index contributed by atoms with van der Waals surface area (Å²) in [5, 5.41) is 4.66. The summed E-state index contributed by atoms with van der Waals surface area (Å²) in [6, 6.07) is 33.8. The van der Waals surface area contributed by atoms with Gasteiger partial charge >= 0.3 is 0 Å². The SMILES string of the molecule is CCCCCC(C)(C)[P+](c1ccccc1)(c1ccccc1)c1ccccc1. The molecule has 0 amide bonds. The largest absolute Gasteiger partial charge is 0.117 e. The molecule has 27 heavy (non-hydrogen) atoms. The van der Waals surface area contributed by atoms with Crippen LogP contribution in [0.4, 0.5) is 0 Å². The minimum atomic E-state index is -1.80. The molecule has 0 spiro atoms. The van der Waals surface area contributed by atoms with Gasteiger partial charge in [0, 0.05) is 0 Å². The van der Waals surface area contributed by atoms with E-state index >= 15 is 0 Å². The second kappa shape index (κ2) is 8.85. The van der Waals surface area contributed by atoms with Gasteiger partial charge in [0.1, 0.15) is 23.2 Å². The number of hydrogen-bond acceptors (Lipinski definition) is 0. The second-order valence-corrected chi connectivity index (χ2v) is 12.0. The highest BCUT2D eigenvalue weighted by Crippen LogP contribution is 2.67. The van der Waals surface area contributed by atoms with Crippen LogP contribution >= 0.6 is 7.26 Å². The monoisotopic (exact) mass is 375 g/mol. The Bertz CT molecular complexity index is 710. The van der Waals surface area contributed by atoms with Crippen molar-refractivity contribution in [2.75, 3.05) is 0 Å². The molecule has 0 saturated heterocycles. The summed E-state index contributed by atoms with van der Waals surface area (Å²) in [5.41, 5.74) is 0. The van der Waals surface area contributed by atoms with Gasteiger partial charge in [0.2, 0.25) is 0 Å². The molecule has 0 atom stereocenters. The van der Waals surface area contributed by atoms with Crippen LogP contribution in [0.2, 0.25) is 0 Å². The van der Waals surface area contributed by atoms with E-state index in [0.29, 0.717) is 0 Å². The molecule has 0 fully saturated rings. The Labute approximate surface area is 166 Å². The normalized spacial score (nSPS) is 12.1. The molecule has 0 heterocycles. The molecule has 3 aromatic rings. The molecule has 0 aliphatic carbocycles. The Hall–Kier alpha value is -1.91. The van der Waals surface area contributed by atoms with E-state index in [-0.39, 0.29) is 5.16 Å². The Kier molecular flexibility index (Phi) is 6.51. The van der Waals surface area contributed by atoms with Gasteiger partial charge in [0.05, 0.1) is 5.16 Å². The van der Waals surface area contributed by atoms with E-state index < -0.39 is 7.26 Å². The number of unbranched alkanes of at least 4 members (excludes halogenated alkanes) is 2. The van der Waals surface area contributed by atoms with E-state index in [1.807, 2.05) is 0 Å². The van der Waals surface area contributed by atoms with Crippen molar-refractivity contribution in [3.8, 4) is 0 Å². The van der Waals surface area contributed by atoms with Crippen LogP contribution in [0.25, 0.3) is 0 Å². The topological polar surface area (TPSA) is 0 Å². The highest BCUT2D eigenvalue weighted by molar-refractivity contribution is 7.96. The highest BCUT2D eigenvalue weighted by atomic mass is 31.2. The minimum Gasteiger partial charge on any atom is -0.0654 e. The average Bonchev–Trinajstić information content (AvgIpc) is 2.71. The molecule has 0 aliphatic rings. The van der Waals surface area contributed by atoms with Crippen LogP contribution in [0.1, 0.15) is 46.5 Å². The van der Waals surface area contributed by atoms with E-state index in [0.717, 1.165) is 0 Å². The zero-order chi connectivity index (χ0) is 19.2. The van der Waals surface area contributed by atoms with E-state index in [1.54, 1.807) is 0 Å². The zero-order valence-corrected chi connectivity index (χ0v) is 17.8. The standard InChI is InChI=1S/C26H32P/c1-4-5-15-22-26(2,3)27(23-16-9-6-10-17-23,24-18-11-7-12-19-24)25-20-13-8-14-21-25/h6-14,16-21H,4-5,15,22H2,1-3H3/q+1. The highest BCUT2D eigenvalue weighted by Gasteiger charge is 2.56. The van der Waals surface area contributed by atoms with Gasteiger partial charge in [-0.2, -0.15) is 0 Å². The Morgan fingerprint density at radius 3 is 1.30 bits per heavy atom. The number of hydrogen-bond donors (Lipinski definition) is 0. The van der Waals surface area contributed by atoms with Crippen molar-refractivity contribution < 1.29 is 0 Å². The molecule has 0 bridgehead atoms. The molecule has 0 N–H and O–H groups in total. The molecule has 140 valence electrons. The van der Waals surface area contributed by atoms with Crippen LogP contribution in [-0.4, -0.2) is 5.16 Å². The molecular formula is C26H32P+. The van der Waals surface area contributed by atoms with Gasteiger partial charge in [-0.15, -0.1) is 0 Å². The second-order valence-electron chi connectivity index (χ2n) is 7.95. The molecule has 0 saturated carbocycles. The van der Waals surface area contributed by atoms with Crippen molar-refractivity contribution in [3.63, 3.8) is 0 Å². The van der Waals surface area contributed by atoms with Crippen LogP contribution in [0.15, 0.2) is 91.0 Å². The lowest BCUT2D eigenvalue weighted by molar-refractivity contribution is 0.565. The van der Waals surface area contributed by atoms with Crippen molar-refractivity contribution in [1.29, 1.82) is 0 Å². The fraction of sp³-hybridized carbons (Fsp3) is 0.308. The van der Waals surface area contributed by atoms with Crippen molar-refractivity contribution in [3.05, 3.63) is 91.0 Å². The van der Waals surface area contributed by atoms with Gasteiger partial charge in [-0.3, -0.25) is 0 Å². The predicted octanol–water partition coefficient (Wildman–Crippen LogP) is 6.34. The van der Waals surface area contributed by atoms with E-state index in [4.69, 9.17) is 0 Å². The molecule has 0 nitrogen and oxygen atoms in total. The average molecular weight is 376 g/mol. The molecule has 1 heteroatoms. The lowest BCUT2D eigenvalue weighted by Crippen LogP contribution is -2.44. The zero-order valence-electron chi connectivity index (χ0n) is 16.9. The maximum atomic E-state index is 2.50. The third kappa shape index (κ3) is 3.87. The number of rotatable bonds is 8. The van der Waals surface area contributed by atoms with Crippen LogP contribution in [0.5, 0.6) is 0 Å². The lowest BCUT2D eigenvalue weighted by Gasteiger charge is -2.40. The summed E-state index contributed by atoms with van der Waals surface area (Å²) in [5.74, 6) is 0. The quantitative estimate of drug-likeness (QED) is 0.318. The van der Waals surface area contributed by atoms with E-state index in [9.17, 15) is 0 Å². The Balaban J connectivity index is 2.29. The first-order chi connectivity index (χ1) is 13.1. The third-order valence-electron chi connectivity index (χ3n) is 5.73. The van der Waals surface area contributed by atoms with E-state index in [1.165, 1.54) is 41.6 Å². The first-order valence-corrected chi connectivity index (χ1v) is 12.0. The minimum absolute atomic E-state index is 0.187. The Morgan fingerprint density at radius 2 is 0.963 bits per heavy atom. The smallest absolute Gasteiger partial charge is 0.0654 e. The van der Waals surface area contributed by atoms with Gasteiger partial charge in [-0.25, -0.2) is 0 Å². The summed E-state index contributed by atoms with van der Waals surface area (Å²) < 4.78 is 0. The molecule has 0 unspecified atom stereocenters. The van der Waals surface area contributed by atoms with Crippen molar-refractivity contribution >= 4 is 23.2 Å². The predicted molar refractivity (Wildman–Crippen MR) is 123 cm³/mol. The van der Waals surface area contributed by atoms with E-state index in [2.05, 4.69) is 112 Å². The molecule has 3 aromatic carbocycles. The summed E-state index contributed by atoms with van der Waals surface area (Å²) in [4.78, 5) is 0. The molecule has 0 aliphatic heterocycles. The van der Waals surface area contributed by atoms with Crippen molar-refractivity contribution in [2.24, 2.45) is 0 Å². The summed E-state index contributed by atoms with van der Waals surface area (Å²) in [7, 11) is -1.80. The first kappa shape index (κ1) is 19.8. The lowest BCUT2D eigenvalue weighted by atomic mass is 10.0. The van der Waals surface area contributed by atoms with Gasteiger partial charge in [-0.1, -0.05) is 74.4 Å². The summed E-state index contributed by atoms with van der Waals surface area (Å²) >= 11 is 0. The maximum absolute atomic E-state index is 2.50. The van der Waals surface area contributed by atoms with Gasteiger partial charge in [-0.05, 0) is 63.1 Å². The van der Waals surface area contributed by atoms with Gasteiger partial charge < -0.3 is 0 Å². The fourth-order valence-electron chi connectivity index (χ4n) is 4.43. The van der Waals surface area contributed by atoms with Crippen molar-refractivity contribution in [2.45, 2.75) is 51.6 Å². The van der Waals surface area contributed by atoms with Gasteiger partial charge in [0.15, 0.2) is 0 Å². The summed E-state index contributed by atoms with van der Waals surface area (Å²) in [6.45, 7) is 7.30. The van der Waals surface area contributed by atoms with Crippen LogP contribution in [0, 0.1) is 0 Å². The van der Waals surface area contributed by atoms with Gasteiger partial charge in [0.25, 0.3) is 0 Å². The molecular weight excluding hydrogens is 343 g/mol. The van der Waals surface area contributed by atoms with Crippen LogP contribution in [-0.2, 0) is 0 Å². The summed E-state index contributed by atoms with van der Waals surface area (Å²) in [6.07, 6.45) is 5.11. The van der Waals surface area contributed by atoms with Crippen LogP contribution in [0.3, 0.4) is 0 Å². The third-order valence-corrected chi connectivity index (χ3v) is 11.0. The van der Waals surface area contributed by atoms with Crippen molar-refractivity contribution in [1.82, 2.24) is 0 Å². The molecule has 3 rings (SSSR count). The first-order valence-electron chi connectivity index (χ1n) is 10.2. The van der Waals surface area contributed by atoms with Crippen LogP contribution < -0.4 is 15.9 Å². The fourth-order valence-corrected chi connectivity index (χ4v) is 9.77. The molecule has 0 aromatic heterocycles. The molecule has 0 radical (unpaired) electrons. The maximum Gasteiger partial charge on any atom is 0.117 e. The Morgan fingerprint density at radius 1 is 0.593 bits per heavy atom. The number of benzene rings is 3.